The first-order valence-corrected chi connectivity index (χ1v) is 11.3. The Balaban J connectivity index is 1.90. The van der Waals surface area contributed by atoms with Gasteiger partial charge in [-0.05, 0) is 63.3 Å². The number of methoxy groups -OCH3 is 1. The minimum atomic E-state index is 0.491. The molecule has 0 radical (unpaired) electrons. The van der Waals surface area contributed by atoms with E-state index in [0.29, 0.717) is 11.8 Å². The van der Waals surface area contributed by atoms with E-state index in [1.807, 2.05) is 18.2 Å². The number of hydrogen-bond acceptors (Lipinski definition) is 5. The van der Waals surface area contributed by atoms with Crippen molar-refractivity contribution in [2.75, 3.05) is 7.11 Å². The minimum absolute atomic E-state index is 0.491. The van der Waals surface area contributed by atoms with Crippen LogP contribution >= 0.6 is 11.3 Å². The molecule has 0 fully saturated rings. The fourth-order valence-corrected chi connectivity index (χ4v) is 5.30. The molecule has 0 saturated carbocycles. The van der Waals surface area contributed by atoms with Crippen LogP contribution in [0.2, 0.25) is 0 Å². The number of nitrogens with zero attached hydrogens (tertiary/aromatic N) is 4. The van der Waals surface area contributed by atoms with Gasteiger partial charge in [0.25, 0.3) is 0 Å². The summed E-state index contributed by atoms with van der Waals surface area (Å²) >= 11 is 1.73. The maximum absolute atomic E-state index is 5.30. The van der Waals surface area contributed by atoms with Gasteiger partial charge in [-0.3, -0.25) is 0 Å². The molecule has 30 heavy (non-hydrogen) atoms. The van der Waals surface area contributed by atoms with Gasteiger partial charge in [-0.15, -0.1) is 11.3 Å². The summed E-state index contributed by atoms with van der Waals surface area (Å²) < 4.78 is 7.36. The van der Waals surface area contributed by atoms with E-state index in [2.05, 4.69) is 56.3 Å². The number of rotatable bonds is 6. The summed E-state index contributed by atoms with van der Waals surface area (Å²) in [7, 11) is 1.64. The fraction of sp³-hybridized carbons (Fsp3) is 0.375. The highest BCUT2D eigenvalue weighted by Gasteiger charge is 2.22. The third kappa shape index (κ3) is 3.49. The number of pyridine rings is 1. The summed E-state index contributed by atoms with van der Waals surface area (Å²) in [6.45, 7) is 10.8. The maximum Gasteiger partial charge on any atom is 0.213 e. The molecule has 0 bridgehead atoms. The van der Waals surface area contributed by atoms with E-state index in [4.69, 9.17) is 14.8 Å². The first-order chi connectivity index (χ1) is 14.5. The predicted molar refractivity (Wildman–Crippen MR) is 124 cm³/mol. The van der Waals surface area contributed by atoms with Gasteiger partial charge in [-0.1, -0.05) is 19.9 Å². The molecule has 156 valence electrons. The van der Waals surface area contributed by atoms with Gasteiger partial charge in [0.05, 0.1) is 33.9 Å². The number of aryl methyl sites for hydroxylation is 3. The van der Waals surface area contributed by atoms with Gasteiger partial charge in [0.2, 0.25) is 5.88 Å². The van der Waals surface area contributed by atoms with Crippen molar-refractivity contribution >= 4 is 17.0 Å². The van der Waals surface area contributed by atoms with E-state index in [1.165, 1.54) is 16.0 Å². The average Bonchev–Trinajstić information content (AvgIpc) is 3.27. The molecule has 4 aromatic rings. The van der Waals surface area contributed by atoms with E-state index in [1.54, 1.807) is 18.4 Å². The van der Waals surface area contributed by atoms with Gasteiger partial charge in [-0.2, -0.15) is 5.10 Å². The van der Waals surface area contributed by atoms with Crippen LogP contribution in [0.5, 0.6) is 5.88 Å². The van der Waals surface area contributed by atoms with Gasteiger partial charge < -0.3 is 4.74 Å². The Morgan fingerprint density at radius 3 is 2.53 bits per heavy atom. The first kappa shape index (κ1) is 20.5. The van der Waals surface area contributed by atoms with Crippen molar-refractivity contribution in [3.05, 3.63) is 52.8 Å². The summed E-state index contributed by atoms with van der Waals surface area (Å²) in [6.07, 6.45) is 2.20. The van der Waals surface area contributed by atoms with Crippen LogP contribution in [0.15, 0.2) is 30.3 Å². The van der Waals surface area contributed by atoms with E-state index < -0.39 is 0 Å². The SMILES string of the molecule is CCC(CC)c1cc(C)nn2c(-c3sc(-c4cccc(OC)n4)cc3C)c(C)nc12. The lowest BCUT2D eigenvalue weighted by atomic mass is 9.95. The summed E-state index contributed by atoms with van der Waals surface area (Å²) in [5.41, 5.74) is 7.51. The molecule has 0 atom stereocenters. The molecule has 6 heteroatoms. The predicted octanol–water partition coefficient (Wildman–Crippen LogP) is 6.36. The van der Waals surface area contributed by atoms with E-state index in [0.717, 1.165) is 46.1 Å². The van der Waals surface area contributed by atoms with Gasteiger partial charge in [0, 0.05) is 11.6 Å². The van der Waals surface area contributed by atoms with Crippen molar-refractivity contribution in [3.63, 3.8) is 0 Å². The largest absolute Gasteiger partial charge is 0.481 e. The molecule has 4 heterocycles. The number of hydrogen-bond donors (Lipinski definition) is 0. The zero-order chi connectivity index (χ0) is 21.4. The van der Waals surface area contributed by atoms with Crippen molar-refractivity contribution in [2.24, 2.45) is 0 Å². The van der Waals surface area contributed by atoms with Gasteiger partial charge in [0.15, 0.2) is 5.65 Å². The van der Waals surface area contributed by atoms with Gasteiger partial charge in [-0.25, -0.2) is 14.5 Å². The molecule has 0 aliphatic rings. The summed E-state index contributed by atoms with van der Waals surface area (Å²) in [5, 5.41) is 4.86. The third-order valence-electron chi connectivity index (χ3n) is 5.65. The highest BCUT2D eigenvalue weighted by molar-refractivity contribution is 7.19. The fourth-order valence-electron chi connectivity index (χ4n) is 4.08. The van der Waals surface area contributed by atoms with Crippen LogP contribution in [0.1, 0.15) is 55.1 Å². The van der Waals surface area contributed by atoms with Crippen molar-refractivity contribution in [3.8, 4) is 27.0 Å². The van der Waals surface area contributed by atoms with Crippen LogP contribution in [-0.4, -0.2) is 26.7 Å². The summed E-state index contributed by atoms with van der Waals surface area (Å²) in [6, 6.07) is 10.3. The molecule has 4 rings (SSSR count). The molecule has 5 nitrogen and oxygen atoms in total. The highest BCUT2D eigenvalue weighted by atomic mass is 32.1. The second kappa shape index (κ2) is 8.19. The lowest BCUT2D eigenvalue weighted by Crippen LogP contribution is -2.05. The molecule has 0 unspecified atom stereocenters. The Hall–Kier alpha value is -2.73. The lowest BCUT2D eigenvalue weighted by molar-refractivity contribution is 0.398. The van der Waals surface area contributed by atoms with Crippen LogP contribution < -0.4 is 4.74 Å². The van der Waals surface area contributed by atoms with Gasteiger partial charge >= 0.3 is 0 Å². The van der Waals surface area contributed by atoms with Crippen LogP contribution in [-0.2, 0) is 0 Å². The Bertz CT molecular complexity index is 1200. The number of thiophene rings is 1. The summed E-state index contributed by atoms with van der Waals surface area (Å²) in [4.78, 5) is 11.9. The van der Waals surface area contributed by atoms with E-state index >= 15 is 0 Å². The van der Waals surface area contributed by atoms with Crippen LogP contribution in [0, 0.1) is 20.8 Å². The van der Waals surface area contributed by atoms with Crippen molar-refractivity contribution in [1.29, 1.82) is 0 Å². The Kier molecular flexibility index (Phi) is 5.60. The van der Waals surface area contributed by atoms with Crippen molar-refractivity contribution in [1.82, 2.24) is 19.6 Å². The van der Waals surface area contributed by atoms with Crippen LogP contribution in [0.4, 0.5) is 0 Å². The minimum Gasteiger partial charge on any atom is -0.481 e. The second-order valence-corrected chi connectivity index (χ2v) is 8.78. The molecule has 0 N–H and O–H groups in total. The molecule has 0 aliphatic heterocycles. The molecule has 0 aromatic carbocycles. The maximum atomic E-state index is 5.30. The lowest BCUT2D eigenvalue weighted by Gasteiger charge is -2.14. The normalized spacial score (nSPS) is 11.6. The Morgan fingerprint density at radius 2 is 1.83 bits per heavy atom. The molecule has 4 aromatic heterocycles. The number of fused-ring (bicyclic) bond motifs is 1. The van der Waals surface area contributed by atoms with E-state index in [-0.39, 0.29) is 0 Å². The number of ether oxygens (including phenoxy) is 1. The third-order valence-corrected chi connectivity index (χ3v) is 6.92. The zero-order valence-corrected chi connectivity index (χ0v) is 19.3. The summed E-state index contributed by atoms with van der Waals surface area (Å²) in [5.74, 6) is 1.11. The molecule has 0 spiro atoms. The monoisotopic (exact) mass is 420 g/mol. The quantitative estimate of drug-likeness (QED) is 0.364. The molecular formula is C24H28N4OS. The van der Waals surface area contributed by atoms with Crippen LogP contribution in [0.25, 0.3) is 26.8 Å². The Morgan fingerprint density at radius 1 is 1.07 bits per heavy atom. The van der Waals surface area contributed by atoms with E-state index in [9.17, 15) is 0 Å². The average molecular weight is 421 g/mol. The molecular weight excluding hydrogens is 392 g/mol. The first-order valence-electron chi connectivity index (χ1n) is 10.5. The molecule has 0 amide bonds. The molecule has 0 saturated heterocycles. The van der Waals surface area contributed by atoms with Crippen molar-refractivity contribution < 1.29 is 4.74 Å². The second-order valence-electron chi connectivity index (χ2n) is 7.72. The van der Waals surface area contributed by atoms with Crippen LogP contribution in [0.3, 0.4) is 0 Å². The van der Waals surface area contributed by atoms with Crippen molar-refractivity contribution in [2.45, 2.75) is 53.4 Å². The zero-order valence-electron chi connectivity index (χ0n) is 18.5. The number of imidazole rings is 1. The standard InChI is InChI=1S/C24H28N4OS/c1-7-17(8-2)18-13-15(4)27-28-22(16(5)25-24(18)28)23-14(3)12-20(30-23)19-10-9-11-21(26-19)29-6/h9-13,17H,7-8H2,1-6H3. The van der Waals surface area contributed by atoms with Gasteiger partial charge in [0.1, 0.15) is 5.69 Å². The smallest absolute Gasteiger partial charge is 0.213 e. The number of aromatic nitrogens is 4. The topological polar surface area (TPSA) is 52.3 Å². The Labute approximate surface area is 181 Å². The highest BCUT2D eigenvalue weighted by Crippen LogP contribution is 2.40. The molecule has 0 aliphatic carbocycles.